The van der Waals surface area contributed by atoms with Crippen LogP contribution in [0.2, 0.25) is 0 Å². The molecule has 8 nitrogen and oxygen atoms in total. The zero-order valence-electron chi connectivity index (χ0n) is 14.1. The van der Waals surface area contributed by atoms with Crippen molar-refractivity contribution in [2.24, 2.45) is 5.92 Å². The largest absolute Gasteiger partial charge is 0.344 e. The van der Waals surface area contributed by atoms with Crippen molar-refractivity contribution in [3.05, 3.63) is 30.0 Å². The van der Waals surface area contributed by atoms with Crippen LogP contribution < -0.4 is 5.32 Å². The molecule has 0 saturated heterocycles. The van der Waals surface area contributed by atoms with E-state index in [4.69, 9.17) is 4.52 Å². The first kappa shape index (κ1) is 16.1. The van der Waals surface area contributed by atoms with E-state index in [1.807, 2.05) is 36.6 Å². The van der Waals surface area contributed by atoms with Crippen molar-refractivity contribution < 1.29 is 9.32 Å². The molecule has 0 aliphatic carbocycles. The van der Waals surface area contributed by atoms with Gasteiger partial charge in [-0.1, -0.05) is 25.4 Å². The molecule has 3 heterocycles. The van der Waals surface area contributed by atoms with Crippen LogP contribution in [-0.4, -0.2) is 30.6 Å². The first-order chi connectivity index (χ1) is 11.5. The number of hydrogen-bond acceptors (Lipinski definition) is 6. The highest BCUT2D eigenvalue weighted by atomic mass is 16.5. The lowest BCUT2D eigenvalue weighted by Gasteiger charge is -2.19. The SMILES string of the molecule is CC[C@H](C)[C@H](NC(C)=O)c1nc(-c2ccc3nnc(C)n3c2)no1. The monoisotopic (exact) mass is 328 g/mol. The second kappa shape index (κ2) is 6.38. The average Bonchev–Trinajstić information content (AvgIpc) is 3.19. The zero-order valence-corrected chi connectivity index (χ0v) is 14.1. The molecule has 3 aromatic heterocycles. The summed E-state index contributed by atoms with van der Waals surface area (Å²) < 4.78 is 7.28. The van der Waals surface area contributed by atoms with Gasteiger partial charge in [-0.05, 0) is 25.0 Å². The molecule has 3 rings (SSSR count). The fraction of sp³-hybridized carbons (Fsp3) is 0.438. The summed E-state index contributed by atoms with van der Waals surface area (Å²) in [6.45, 7) is 7.45. The second-order valence-electron chi connectivity index (χ2n) is 5.91. The Balaban J connectivity index is 1.95. The van der Waals surface area contributed by atoms with Crippen molar-refractivity contribution >= 4 is 11.6 Å². The van der Waals surface area contributed by atoms with Gasteiger partial charge in [0.15, 0.2) is 5.65 Å². The number of amides is 1. The Morgan fingerprint density at radius 1 is 1.38 bits per heavy atom. The number of hydrogen-bond donors (Lipinski definition) is 1. The van der Waals surface area contributed by atoms with Gasteiger partial charge in [0.2, 0.25) is 17.6 Å². The van der Waals surface area contributed by atoms with Crippen molar-refractivity contribution in [1.29, 1.82) is 0 Å². The normalized spacial score (nSPS) is 13.8. The molecule has 0 aliphatic heterocycles. The van der Waals surface area contributed by atoms with Crippen molar-refractivity contribution in [2.75, 3.05) is 0 Å². The summed E-state index contributed by atoms with van der Waals surface area (Å²) >= 11 is 0. The standard InChI is InChI=1S/C16H20N6O2/c1-5-9(2)14(17-11(4)23)16-18-15(21-24-16)12-6-7-13-20-19-10(3)22(13)8-12/h6-9,14H,5H2,1-4H3,(H,17,23)/t9-,14-/m0/s1. The minimum Gasteiger partial charge on any atom is -0.344 e. The summed E-state index contributed by atoms with van der Waals surface area (Å²) in [7, 11) is 0. The Morgan fingerprint density at radius 3 is 2.88 bits per heavy atom. The van der Waals surface area contributed by atoms with Crippen LogP contribution in [0.5, 0.6) is 0 Å². The summed E-state index contributed by atoms with van der Waals surface area (Å²) in [4.78, 5) is 15.9. The number of rotatable bonds is 5. The predicted molar refractivity (Wildman–Crippen MR) is 87.0 cm³/mol. The first-order valence-electron chi connectivity index (χ1n) is 7.92. The molecular formula is C16H20N6O2. The van der Waals surface area contributed by atoms with E-state index in [2.05, 4.69) is 32.6 Å². The van der Waals surface area contributed by atoms with Crippen LogP contribution in [0.1, 0.15) is 44.9 Å². The lowest BCUT2D eigenvalue weighted by molar-refractivity contribution is -0.120. The molecule has 0 aromatic carbocycles. The van der Waals surface area contributed by atoms with Gasteiger partial charge < -0.3 is 9.84 Å². The van der Waals surface area contributed by atoms with Gasteiger partial charge in [0.25, 0.3) is 0 Å². The van der Waals surface area contributed by atoms with E-state index in [-0.39, 0.29) is 17.9 Å². The van der Waals surface area contributed by atoms with E-state index in [1.54, 1.807) is 0 Å². The highest BCUT2D eigenvalue weighted by molar-refractivity contribution is 5.73. The van der Waals surface area contributed by atoms with Gasteiger partial charge >= 0.3 is 0 Å². The molecule has 2 atom stereocenters. The molecule has 0 radical (unpaired) electrons. The first-order valence-corrected chi connectivity index (χ1v) is 7.92. The molecule has 0 unspecified atom stereocenters. The third-order valence-electron chi connectivity index (χ3n) is 4.11. The van der Waals surface area contributed by atoms with E-state index in [9.17, 15) is 4.79 Å². The van der Waals surface area contributed by atoms with Crippen molar-refractivity contribution in [1.82, 2.24) is 30.1 Å². The fourth-order valence-corrected chi connectivity index (χ4v) is 2.52. The molecule has 0 aliphatic rings. The molecule has 0 spiro atoms. The fourth-order valence-electron chi connectivity index (χ4n) is 2.52. The smallest absolute Gasteiger partial charge is 0.249 e. The number of pyridine rings is 1. The van der Waals surface area contributed by atoms with Crippen LogP contribution in [0, 0.1) is 12.8 Å². The summed E-state index contributed by atoms with van der Waals surface area (Å²) in [5.74, 6) is 1.73. The summed E-state index contributed by atoms with van der Waals surface area (Å²) in [6.07, 6.45) is 2.75. The topological polar surface area (TPSA) is 98.2 Å². The van der Waals surface area contributed by atoms with Gasteiger partial charge in [-0.15, -0.1) is 10.2 Å². The van der Waals surface area contributed by atoms with Gasteiger partial charge in [-0.25, -0.2) is 0 Å². The molecular weight excluding hydrogens is 308 g/mol. The van der Waals surface area contributed by atoms with Gasteiger partial charge in [-0.3, -0.25) is 9.20 Å². The number of aromatic nitrogens is 5. The molecule has 126 valence electrons. The molecule has 1 amide bonds. The number of aryl methyl sites for hydroxylation is 1. The highest BCUT2D eigenvalue weighted by Gasteiger charge is 2.25. The zero-order chi connectivity index (χ0) is 17.3. The van der Waals surface area contributed by atoms with E-state index < -0.39 is 0 Å². The third-order valence-corrected chi connectivity index (χ3v) is 4.11. The number of carbonyl (C=O) groups excluding carboxylic acids is 1. The van der Waals surface area contributed by atoms with Crippen LogP contribution in [0.15, 0.2) is 22.9 Å². The minimum atomic E-state index is -0.297. The van der Waals surface area contributed by atoms with Crippen LogP contribution in [0.25, 0.3) is 17.0 Å². The Labute approximate surface area is 139 Å². The Hall–Kier alpha value is -2.77. The van der Waals surface area contributed by atoms with E-state index >= 15 is 0 Å². The molecule has 0 bridgehead atoms. The second-order valence-corrected chi connectivity index (χ2v) is 5.91. The number of fused-ring (bicyclic) bond motifs is 1. The van der Waals surface area contributed by atoms with Crippen molar-refractivity contribution in [2.45, 2.75) is 40.2 Å². The molecule has 8 heteroatoms. The van der Waals surface area contributed by atoms with Crippen molar-refractivity contribution in [3.63, 3.8) is 0 Å². The average molecular weight is 328 g/mol. The summed E-state index contributed by atoms with van der Waals surface area (Å²) in [5.41, 5.74) is 1.56. The van der Waals surface area contributed by atoms with Crippen LogP contribution in [0.3, 0.4) is 0 Å². The summed E-state index contributed by atoms with van der Waals surface area (Å²) in [6, 6.07) is 3.43. The Bertz CT molecular complexity index is 868. The predicted octanol–water partition coefficient (Wildman–Crippen LogP) is 2.31. The molecule has 3 aromatic rings. The third kappa shape index (κ3) is 2.99. The van der Waals surface area contributed by atoms with E-state index in [1.165, 1.54) is 6.92 Å². The molecule has 0 fully saturated rings. The quantitative estimate of drug-likeness (QED) is 0.771. The van der Waals surface area contributed by atoms with Gasteiger partial charge in [-0.2, -0.15) is 4.98 Å². The summed E-state index contributed by atoms with van der Waals surface area (Å²) in [5, 5.41) is 15.0. The van der Waals surface area contributed by atoms with Crippen LogP contribution in [0.4, 0.5) is 0 Å². The Kier molecular flexibility index (Phi) is 4.28. The van der Waals surface area contributed by atoms with E-state index in [0.29, 0.717) is 11.7 Å². The van der Waals surface area contributed by atoms with Crippen LogP contribution in [-0.2, 0) is 4.79 Å². The van der Waals surface area contributed by atoms with Gasteiger partial charge in [0, 0.05) is 18.7 Å². The lowest BCUT2D eigenvalue weighted by Crippen LogP contribution is -2.30. The maximum Gasteiger partial charge on any atom is 0.249 e. The molecule has 24 heavy (non-hydrogen) atoms. The Morgan fingerprint density at radius 2 is 2.17 bits per heavy atom. The molecule has 0 saturated carbocycles. The van der Waals surface area contributed by atoms with E-state index in [0.717, 1.165) is 23.5 Å². The van der Waals surface area contributed by atoms with Crippen molar-refractivity contribution in [3.8, 4) is 11.4 Å². The van der Waals surface area contributed by atoms with Gasteiger partial charge in [0.1, 0.15) is 11.9 Å². The van der Waals surface area contributed by atoms with Crippen LogP contribution >= 0.6 is 0 Å². The number of nitrogens with zero attached hydrogens (tertiary/aromatic N) is 5. The van der Waals surface area contributed by atoms with Gasteiger partial charge in [0.05, 0.1) is 0 Å². The highest BCUT2D eigenvalue weighted by Crippen LogP contribution is 2.25. The lowest BCUT2D eigenvalue weighted by atomic mass is 9.99. The minimum absolute atomic E-state index is 0.124. The number of nitrogens with one attached hydrogen (secondary N) is 1. The maximum atomic E-state index is 11.5. The maximum absolute atomic E-state index is 11.5. The molecule has 1 N–H and O–H groups in total. The number of carbonyl (C=O) groups is 1.